The van der Waals surface area contributed by atoms with Crippen LogP contribution in [0.3, 0.4) is 0 Å². The van der Waals surface area contributed by atoms with Crippen molar-refractivity contribution in [2.45, 2.75) is 64.0 Å². The fourth-order valence-corrected chi connectivity index (χ4v) is 3.89. The van der Waals surface area contributed by atoms with E-state index in [1.54, 1.807) is 14.1 Å². The molecule has 1 saturated carbocycles. The second-order valence-electron chi connectivity index (χ2n) is 7.94. The molecule has 1 aliphatic heterocycles. The summed E-state index contributed by atoms with van der Waals surface area (Å²) < 4.78 is 28.3. The summed E-state index contributed by atoms with van der Waals surface area (Å²) in [5.41, 5.74) is 1.69. The van der Waals surface area contributed by atoms with E-state index in [2.05, 4.69) is 20.2 Å². The lowest BCUT2D eigenvalue weighted by atomic mass is 9.91. The number of nitrogens with one attached hydrogen (secondary N) is 1. The molecule has 2 fully saturated rings. The Morgan fingerprint density at radius 2 is 1.96 bits per heavy atom. The van der Waals surface area contributed by atoms with Crippen LogP contribution in [0.5, 0.6) is 0 Å². The summed E-state index contributed by atoms with van der Waals surface area (Å²) in [5.74, 6) is -1.96. The van der Waals surface area contributed by atoms with Crippen molar-refractivity contribution in [1.29, 1.82) is 0 Å². The van der Waals surface area contributed by atoms with E-state index in [0.717, 1.165) is 36.5 Å². The predicted octanol–water partition coefficient (Wildman–Crippen LogP) is 2.54. The first-order valence-corrected chi connectivity index (χ1v) is 9.64. The van der Waals surface area contributed by atoms with Crippen LogP contribution < -0.4 is 10.2 Å². The number of halogens is 2. The standard InChI is InChI=1S/C19H29F2N5O/c1-12-13(2)22-16(18(27)25(3)4)24-17(12)26-10-8-14(11-26)23-15-7-5-6-9-19(15,20)21/h14-15,23H,5-11H2,1-4H3/t14-,15?/m1/s1. The number of hydrogen-bond acceptors (Lipinski definition) is 5. The van der Waals surface area contributed by atoms with Gasteiger partial charge in [-0.3, -0.25) is 4.79 Å². The minimum absolute atomic E-state index is 0.00152. The van der Waals surface area contributed by atoms with Crippen molar-refractivity contribution in [2.24, 2.45) is 0 Å². The molecule has 6 nitrogen and oxygen atoms in total. The number of carbonyl (C=O) groups excluding carboxylic acids is 1. The van der Waals surface area contributed by atoms with Crippen LogP contribution in [0.25, 0.3) is 0 Å². The van der Waals surface area contributed by atoms with Crippen molar-refractivity contribution >= 4 is 11.7 Å². The van der Waals surface area contributed by atoms with Crippen LogP contribution in [-0.2, 0) is 0 Å². The Morgan fingerprint density at radius 3 is 2.63 bits per heavy atom. The molecule has 2 heterocycles. The van der Waals surface area contributed by atoms with Crippen molar-refractivity contribution in [3.05, 3.63) is 17.1 Å². The smallest absolute Gasteiger partial charge is 0.291 e. The van der Waals surface area contributed by atoms with Gasteiger partial charge >= 0.3 is 0 Å². The fourth-order valence-electron chi connectivity index (χ4n) is 3.89. The first-order valence-electron chi connectivity index (χ1n) is 9.64. The van der Waals surface area contributed by atoms with Gasteiger partial charge in [0.1, 0.15) is 5.82 Å². The summed E-state index contributed by atoms with van der Waals surface area (Å²) in [6, 6.07) is -0.739. The summed E-state index contributed by atoms with van der Waals surface area (Å²) >= 11 is 0. The SMILES string of the molecule is Cc1nc(C(=O)N(C)C)nc(N2CC[C@@H](NC3CCCCC3(F)F)C2)c1C. The molecule has 0 bridgehead atoms. The molecule has 0 aromatic carbocycles. The average Bonchev–Trinajstić information content (AvgIpc) is 3.06. The largest absolute Gasteiger partial charge is 0.355 e. The summed E-state index contributed by atoms with van der Waals surface area (Å²) in [7, 11) is 3.33. The monoisotopic (exact) mass is 381 g/mol. The number of amides is 1. The third-order valence-electron chi connectivity index (χ3n) is 5.65. The van der Waals surface area contributed by atoms with E-state index in [9.17, 15) is 13.6 Å². The first kappa shape index (κ1) is 19.9. The van der Waals surface area contributed by atoms with Gasteiger partial charge in [-0.05, 0) is 33.1 Å². The predicted molar refractivity (Wildman–Crippen MR) is 100 cm³/mol. The van der Waals surface area contributed by atoms with Crippen molar-refractivity contribution in [3.8, 4) is 0 Å². The molecule has 1 aromatic rings. The minimum atomic E-state index is -2.63. The number of aryl methyl sites for hydroxylation is 1. The van der Waals surface area contributed by atoms with E-state index < -0.39 is 12.0 Å². The molecule has 1 saturated heterocycles. The Kier molecular flexibility index (Phi) is 5.65. The van der Waals surface area contributed by atoms with Crippen LogP contribution >= 0.6 is 0 Å². The molecule has 2 aliphatic rings. The number of carbonyl (C=O) groups is 1. The van der Waals surface area contributed by atoms with E-state index in [0.29, 0.717) is 19.4 Å². The Labute approximate surface area is 159 Å². The molecule has 1 aliphatic carbocycles. The van der Waals surface area contributed by atoms with Gasteiger partial charge in [-0.25, -0.2) is 18.7 Å². The molecule has 1 unspecified atom stereocenters. The number of alkyl halides is 2. The highest BCUT2D eigenvalue weighted by Gasteiger charge is 2.43. The average molecular weight is 381 g/mol. The summed E-state index contributed by atoms with van der Waals surface area (Å²) in [6.07, 6.45) is 2.73. The Bertz CT molecular complexity index is 710. The van der Waals surface area contributed by atoms with Crippen molar-refractivity contribution < 1.29 is 13.6 Å². The van der Waals surface area contributed by atoms with Crippen LogP contribution in [0, 0.1) is 13.8 Å². The van der Waals surface area contributed by atoms with Crippen LogP contribution in [0.1, 0.15) is 54.0 Å². The number of nitrogens with zero attached hydrogens (tertiary/aromatic N) is 4. The number of aromatic nitrogens is 2. The van der Waals surface area contributed by atoms with Crippen LogP contribution in [0.4, 0.5) is 14.6 Å². The summed E-state index contributed by atoms with van der Waals surface area (Å²) in [4.78, 5) is 24.6. The van der Waals surface area contributed by atoms with Crippen LogP contribution in [0.2, 0.25) is 0 Å². The maximum atomic E-state index is 14.1. The maximum Gasteiger partial charge on any atom is 0.291 e. The third kappa shape index (κ3) is 4.20. The van der Waals surface area contributed by atoms with Crippen molar-refractivity contribution in [3.63, 3.8) is 0 Å². The van der Waals surface area contributed by atoms with Crippen LogP contribution in [-0.4, -0.2) is 66.0 Å². The molecule has 27 heavy (non-hydrogen) atoms. The van der Waals surface area contributed by atoms with E-state index >= 15 is 0 Å². The molecule has 1 amide bonds. The van der Waals surface area contributed by atoms with Gasteiger partial charge in [0.2, 0.25) is 5.82 Å². The van der Waals surface area contributed by atoms with Gasteiger partial charge in [-0.2, -0.15) is 0 Å². The normalized spacial score (nSPS) is 24.9. The van der Waals surface area contributed by atoms with Gasteiger partial charge in [0.15, 0.2) is 0 Å². The molecule has 150 valence electrons. The van der Waals surface area contributed by atoms with Gasteiger partial charge in [-0.15, -0.1) is 0 Å². The highest BCUT2D eigenvalue weighted by Crippen LogP contribution is 2.34. The highest BCUT2D eigenvalue weighted by molar-refractivity contribution is 5.90. The Balaban J connectivity index is 1.74. The van der Waals surface area contributed by atoms with Gasteiger partial charge in [0, 0.05) is 50.9 Å². The molecule has 0 spiro atoms. The Hall–Kier alpha value is -1.83. The van der Waals surface area contributed by atoms with E-state index in [4.69, 9.17) is 0 Å². The molecule has 1 aromatic heterocycles. The topological polar surface area (TPSA) is 61.4 Å². The zero-order chi connectivity index (χ0) is 19.8. The zero-order valence-corrected chi connectivity index (χ0v) is 16.6. The third-order valence-corrected chi connectivity index (χ3v) is 5.65. The molecule has 2 atom stereocenters. The minimum Gasteiger partial charge on any atom is -0.355 e. The fraction of sp³-hybridized carbons (Fsp3) is 0.737. The summed E-state index contributed by atoms with van der Waals surface area (Å²) in [6.45, 7) is 5.13. The second kappa shape index (κ2) is 7.66. The van der Waals surface area contributed by atoms with Gasteiger partial charge < -0.3 is 15.1 Å². The molecule has 3 rings (SSSR count). The zero-order valence-electron chi connectivity index (χ0n) is 16.6. The lowest BCUT2D eigenvalue weighted by Gasteiger charge is -2.34. The second-order valence-corrected chi connectivity index (χ2v) is 7.94. The molecule has 1 N–H and O–H groups in total. The number of rotatable bonds is 4. The molecule has 8 heteroatoms. The maximum absolute atomic E-state index is 14.1. The first-order chi connectivity index (χ1) is 12.7. The summed E-state index contributed by atoms with van der Waals surface area (Å²) in [5, 5.41) is 3.19. The molecular weight excluding hydrogens is 352 g/mol. The van der Waals surface area contributed by atoms with Crippen LogP contribution in [0.15, 0.2) is 0 Å². The molecule has 0 radical (unpaired) electrons. The van der Waals surface area contributed by atoms with E-state index in [1.165, 1.54) is 4.90 Å². The van der Waals surface area contributed by atoms with E-state index in [-0.39, 0.29) is 24.2 Å². The highest BCUT2D eigenvalue weighted by atomic mass is 19.3. The lowest BCUT2D eigenvalue weighted by Crippen LogP contribution is -2.51. The molecular formula is C19H29F2N5O. The van der Waals surface area contributed by atoms with Crippen molar-refractivity contribution in [1.82, 2.24) is 20.2 Å². The number of hydrogen-bond donors (Lipinski definition) is 1. The quantitative estimate of drug-likeness (QED) is 0.869. The van der Waals surface area contributed by atoms with E-state index in [1.807, 2.05) is 13.8 Å². The van der Waals surface area contributed by atoms with Crippen molar-refractivity contribution in [2.75, 3.05) is 32.1 Å². The van der Waals surface area contributed by atoms with Gasteiger partial charge in [-0.1, -0.05) is 6.42 Å². The number of anilines is 1. The lowest BCUT2D eigenvalue weighted by molar-refractivity contribution is -0.0661. The van der Waals surface area contributed by atoms with Gasteiger partial charge in [0.25, 0.3) is 11.8 Å². The Morgan fingerprint density at radius 1 is 1.22 bits per heavy atom. The van der Waals surface area contributed by atoms with Gasteiger partial charge in [0.05, 0.1) is 6.04 Å².